The van der Waals surface area contributed by atoms with Gasteiger partial charge in [-0.1, -0.05) is 0 Å². The maximum Gasteiger partial charge on any atom is 0.161 e. The van der Waals surface area contributed by atoms with E-state index < -0.39 is 15.7 Å². The second-order valence-electron chi connectivity index (χ2n) is 4.36. The minimum Gasteiger partial charge on any atom is -0.369 e. The number of carbonyl (C=O) groups is 1. The van der Waals surface area contributed by atoms with Crippen molar-refractivity contribution in [1.82, 2.24) is 0 Å². The highest BCUT2D eigenvalue weighted by atomic mass is 32.2. The van der Waals surface area contributed by atoms with E-state index in [9.17, 15) is 17.6 Å². The molecule has 0 radical (unpaired) electrons. The quantitative estimate of drug-likeness (QED) is 0.760. The van der Waals surface area contributed by atoms with Gasteiger partial charge in [0, 0.05) is 24.3 Å². The van der Waals surface area contributed by atoms with Gasteiger partial charge in [-0.05, 0) is 25.1 Å². The molecule has 0 saturated carbocycles. The van der Waals surface area contributed by atoms with Crippen molar-refractivity contribution in [2.45, 2.75) is 6.92 Å². The van der Waals surface area contributed by atoms with Gasteiger partial charge in [0.25, 0.3) is 0 Å². The molecule has 0 bridgehead atoms. The molecular formula is C12H14FNO3S. The molecule has 1 aromatic carbocycles. The smallest absolute Gasteiger partial charge is 0.161 e. The van der Waals surface area contributed by atoms with Crippen LogP contribution in [0.3, 0.4) is 0 Å². The number of benzene rings is 1. The Bertz CT molecular complexity index is 569. The van der Waals surface area contributed by atoms with Crippen molar-refractivity contribution in [3.8, 4) is 0 Å². The number of hydrogen-bond acceptors (Lipinski definition) is 4. The van der Waals surface area contributed by atoms with Gasteiger partial charge in [-0.25, -0.2) is 12.8 Å². The maximum atomic E-state index is 13.1. The van der Waals surface area contributed by atoms with Crippen LogP contribution in [-0.4, -0.2) is 38.8 Å². The van der Waals surface area contributed by atoms with Gasteiger partial charge in [0.2, 0.25) is 0 Å². The van der Waals surface area contributed by atoms with Gasteiger partial charge < -0.3 is 4.90 Å². The fraction of sp³-hybridized carbons (Fsp3) is 0.417. The number of sulfone groups is 1. The molecule has 0 aromatic heterocycles. The second kappa shape index (κ2) is 4.68. The lowest BCUT2D eigenvalue weighted by Gasteiger charge is -2.30. The van der Waals surface area contributed by atoms with Gasteiger partial charge in [0.1, 0.15) is 5.82 Å². The summed E-state index contributed by atoms with van der Waals surface area (Å²) in [4.78, 5) is 13.3. The third-order valence-corrected chi connectivity index (χ3v) is 4.63. The molecule has 0 atom stereocenters. The molecule has 0 amide bonds. The Kier molecular flexibility index (Phi) is 3.38. The highest BCUT2D eigenvalue weighted by molar-refractivity contribution is 7.91. The summed E-state index contributed by atoms with van der Waals surface area (Å²) in [5, 5.41) is 0. The van der Waals surface area contributed by atoms with Gasteiger partial charge in [0.15, 0.2) is 15.6 Å². The number of carbonyl (C=O) groups excluding carboxylic acids is 1. The van der Waals surface area contributed by atoms with Crippen molar-refractivity contribution in [3.05, 3.63) is 29.6 Å². The standard InChI is InChI=1S/C12H14FNO3S/c1-9(15)11-8-10(13)2-3-12(11)14-4-6-18(16,17)7-5-14/h2-3,8H,4-7H2,1H3. The highest BCUT2D eigenvalue weighted by Crippen LogP contribution is 2.24. The minimum absolute atomic E-state index is 0.0712. The molecular weight excluding hydrogens is 257 g/mol. The number of ketones is 1. The molecule has 1 saturated heterocycles. The fourth-order valence-corrected chi connectivity index (χ4v) is 3.22. The van der Waals surface area contributed by atoms with Crippen molar-refractivity contribution >= 4 is 21.3 Å². The van der Waals surface area contributed by atoms with Gasteiger partial charge in [-0.3, -0.25) is 4.79 Å². The first kappa shape index (κ1) is 13.0. The number of hydrogen-bond donors (Lipinski definition) is 0. The Morgan fingerprint density at radius 3 is 2.44 bits per heavy atom. The van der Waals surface area contributed by atoms with Gasteiger partial charge in [0.05, 0.1) is 11.5 Å². The Balaban J connectivity index is 2.32. The number of halogens is 1. The summed E-state index contributed by atoms with van der Waals surface area (Å²) in [6.45, 7) is 2.06. The topological polar surface area (TPSA) is 54.5 Å². The van der Waals surface area contributed by atoms with Crippen molar-refractivity contribution in [2.24, 2.45) is 0 Å². The van der Waals surface area contributed by atoms with E-state index in [0.29, 0.717) is 24.3 Å². The summed E-state index contributed by atoms with van der Waals surface area (Å²) in [6, 6.07) is 4.01. The predicted octanol–water partition coefficient (Wildman–Crippen LogP) is 1.26. The number of rotatable bonds is 2. The molecule has 1 fully saturated rings. The molecule has 1 aliphatic rings. The molecule has 2 rings (SSSR count). The molecule has 98 valence electrons. The maximum absolute atomic E-state index is 13.1. The molecule has 1 heterocycles. The van der Waals surface area contributed by atoms with E-state index >= 15 is 0 Å². The fourth-order valence-electron chi connectivity index (χ4n) is 2.02. The van der Waals surface area contributed by atoms with Gasteiger partial charge >= 0.3 is 0 Å². The summed E-state index contributed by atoms with van der Waals surface area (Å²) in [7, 11) is -2.97. The predicted molar refractivity (Wildman–Crippen MR) is 67.3 cm³/mol. The van der Waals surface area contributed by atoms with E-state index in [2.05, 4.69) is 0 Å². The summed E-state index contributed by atoms with van der Waals surface area (Å²) < 4.78 is 35.8. The van der Waals surface area contributed by atoms with E-state index in [4.69, 9.17) is 0 Å². The van der Waals surface area contributed by atoms with E-state index in [-0.39, 0.29) is 17.3 Å². The lowest BCUT2D eigenvalue weighted by molar-refractivity contribution is 0.101. The summed E-state index contributed by atoms with van der Waals surface area (Å²) in [5.74, 6) is -0.546. The molecule has 6 heteroatoms. The summed E-state index contributed by atoms with van der Waals surface area (Å²) >= 11 is 0. The SMILES string of the molecule is CC(=O)c1cc(F)ccc1N1CCS(=O)(=O)CC1. The van der Waals surface area contributed by atoms with Crippen LogP contribution in [-0.2, 0) is 9.84 Å². The molecule has 1 aromatic rings. The molecule has 18 heavy (non-hydrogen) atoms. The van der Waals surface area contributed by atoms with Crippen LogP contribution in [0.5, 0.6) is 0 Å². The third kappa shape index (κ3) is 2.69. The number of anilines is 1. The first-order chi connectivity index (χ1) is 8.39. The van der Waals surface area contributed by atoms with E-state index in [1.165, 1.54) is 25.1 Å². The van der Waals surface area contributed by atoms with Crippen LogP contribution in [0.25, 0.3) is 0 Å². The first-order valence-electron chi connectivity index (χ1n) is 5.65. The lowest BCUT2D eigenvalue weighted by Crippen LogP contribution is -2.40. The highest BCUT2D eigenvalue weighted by Gasteiger charge is 2.24. The average molecular weight is 271 g/mol. The van der Waals surface area contributed by atoms with E-state index in [1.807, 2.05) is 4.90 Å². The van der Waals surface area contributed by atoms with Crippen molar-refractivity contribution in [1.29, 1.82) is 0 Å². The minimum atomic E-state index is -2.97. The summed E-state index contributed by atoms with van der Waals surface area (Å²) in [5.41, 5.74) is 0.910. The Morgan fingerprint density at radius 1 is 1.28 bits per heavy atom. The zero-order chi connectivity index (χ0) is 13.3. The van der Waals surface area contributed by atoms with E-state index in [1.54, 1.807) is 0 Å². The Labute approximate surface area is 105 Å². The molecule has 4 nitrogen and oxygen atoms in total. The third-order valence-electron chi connectivity index (χ3n) is 3.02. The van der Waals surface area contributed by atoms with Crippen LogP contribution < -0.4 is 4.90 Å². The first-order valence-corrected chi connectivity index (χ1v) is 7.47. The molecule has 1 aliphatic heterocycles. The van der Waals surface area contributed by atoms with Gasteiger partial charge in [-0.2, -0.15) is 0 Å². The Hall–Kier alpha value is -1.43. The number of Topliss-reactive ketones (excluding diaryl/α,β-unsaturated/α-hetero) is 1. The lowest BCUT2D eigenvalue weighted by atomic mass is 10.1. The van der Waals surface area contributed by atoms with Crippen LogP contribution in [0.2, 0.25) is 0 Å². The molecule has 0 spiro atoms. The van der Waals surface area contributed by atoms with Crippen LogP contribution in [0.15, 0.2) is 18.2 Å². The van der Waals surface area contributed by atoms with Crippen LogP contribution in [0, 0.1) is 5.82 Å². The molecule has 0 unspecified atom stereocenters. The molecule has 0 aliphatic carbocycles. The zero-order valence-corrected chi connectivity index (χ0v) is 10.8. The van der Waals surface area contributed by atoms with Crippen LogP contribution in [0.4, 0.5) is 10.1 Å². The van der Waals surface area contributed by atoms with E-state index in [0.717, 1.165) is 0 Å². The van der Waals surface area contributed by atoms with Crippen molar-refractivity contribution in [3.63, 3.8) is 0 Å². The average Bonchev–Trinajstić information content (AvgIpc) is 2.29. The largest absolute Gasteiger partial charge is 0.369 e. The van der Waals surface area contributed by atoms with Gasteiger partial charge in [-0.15, -0.1) is 0 Å². The Morgan fingerprint density at radius 2 is 1.89 bits per heavy atom. The summed E-state index contributed by atoms with van der Waals surface area (Å²) in [6.07, 6.45) is 0. The van der Waals surface area contributed by atoms with Crippen LogP contribution in [0.1, 0.15) is 17.3 Å². The van der Waals surface area contributed by atoms with Crippen molar-refractivity contribution < 1.29 is 17.6 Å². The van der Waals surface area contributed by atoms with Crippen molar-refractivity contribution in [2.75, 3.05) is 29.5 Å². The zero-order valence-electron chi connectivity index (χ0n) is 10.0. The number of nitrogens with zero attached hydrogens (tertiary/aromatic N) is 1. The monoisotopic (exact) mass is 271 g/mol. The normalized spacial score (nSPS) is 18.7. The molecule has 0 N–H and O–H groups in total. The van der Waals surface area contributed by atoms with Crippen LogP contribution >= 0.6 is 0 Å². The second-order valence-corrected chi connectivity index (χ2v) is 6.66.